The molecule has 1 atom stereocenters. The lowest BCUT2D eigenvalue weighted by atomic mass is 10.2. The maximum atomic E-state index is 4.58. The molecule has 108 valence electrons. The molecule has 1 aromatic rings. The van der Waals surface area contributed by atoms with E-state index in [-0.39, 0.29) is 0 Å². The van der Waals surface area contributed by atoms with Crippen LogP contribution in [0.25, 0.3) is 0 Å². The first-order chi connectivity index (χ1) is 8.92. The monoisotopic (exact) mass is 265 g/mol. The molecule has 0 aliphatic heterocycles. The molecule has 0 aromatic carbocycles. The van der Waals surface area contributed by atoms with Crippen LogP contribution in [-0.4, -0.2) is 48.1 Å². The second-order valence-corrected chi connectivity index (χ2v) is 5.49. The van der Waals surface area contributed by atoms with Gasteiger partial charge in [-0.2, -0.15) is 0 Å². The van der Waals surface area contributed by atoms with Crippen LogP contribution in [0.4, 0.5) is 11.6 Å². The van der Waals surface area contributed by atoms with E-state index >= 15 is 0 Å². The molecule has 0 aliphatic rings. The minimum absolute atomic E-state index is 0.323. The van der Waals surface area contributed by atoms with Gasteiger partial charge >= 0.3 is 0 Å². The Hall–Kier alpha value is -1.36. The van der Waals surface area contributed by atoms with Crippen LogP contribution in [0.15, 0.2) is 6.07 Å². The van der Waals surface area contributed by atoms with Gasteiger partial charge in [0, 0.05) is 31.1 Å². The number of nitrogens with zero attached hydrogens (tertiary/aromatic N) is 3. The van der Waals surface area contributed by atoms with Crippen molar-refractivity contribution in [2.75, 3.05) is 37.8 Å². The molecule has 19 heavy (non-hydrogen) atoms. The lowest BCUT2D eigenvalue weighted by Gasteiger charge is -2.20. The number of aromatic nitrogens is 2. The summed E-state index contributed by atoms with van der Waals surface area (Å²) in [5, 5.41) is 6.69. The third-order valence-electron chi connectivity index (χ3n) is 2.65. The summed E-state index contributed by atoms with van der Waals surface area (Å²) in [4.78, 5) is 11.3. The molecule has 1 rings (SSSR count). The van der Waals surface area contributed by atoms with Crippen LogP contribution in [0.1, 0.15) is 39.4 Å². The fourth-order valence-corrected chi connectivity index (χ4v) is 1.92. The largest absolute Gasteiger partial charge is 0.370 e. The summed E-state index contributed by atoms with van der Waals surface area (Å²) < 4.78 is 0. The molecule has 2 N–H and O–H groups in total. The first kappa shape index (κ1) is 15.7. The Bertz CT molecular complexity index is 389. The Morgan fingerprint density at radius 1 is 1.16 bits per heavy atom. The molecular weight excluding hydrogens is 238 g/mol. The average molecular weight is 265 g/mol. The van der Waals surface area contributed by atoms with Crippen molar-refractivity contribution in [2.24, 2.45) is 0 Å². The smallest absolute Gasteiger partial charge is 0.135 e. The van der Waals surface area contributed by atoms with Gasteiger partial charge in [0.2, 0.25) is 0 Å². The molecule has 1 heterocycles. The molecule has 1 aromatic heterocycles. The van der Waals surface area contributed by atoms with Crippen molar-refractivity contribution in [1.82, 2.24) is 14.9 Å². The van der Waals surface area contributed by atoms with Gasteiger partial charge < -0.3 is 15.5 Å². The molecular formula is C14H27N5. The highest BCUT2D eigenvalue weighted by Crippen LogP contribution is 2.17. The van der Waals surface area contributed by atoms with Crippen molar-refractivity contribution in [3.8, 4) is 0 Å². The van der Waals surface area contributed by atoms with Crippen LogP contribution in [0.5, 0.6) is 0 Å². The minimum atomic E-state index is 0.323. The zero-order valence-corrected chi connectivity index (χ0v) is 13.0. The average Bonchev–Trinajstić information content (AvgIpc) is 2.27. The van der Waals surface area contributed by atoms with E-state index < -0.39 is 0 Å². The van der Waals surface area contributed by atoms with Gasteiger partial charge in [0.25, 0.3) is 0 Å². The van der Waals surface area contributed by atoms with Crippen LogP contribution in [0, 0.1) is 0 Å². The number of hydrogen-bond donors (Lipinski definition) is 2. The van der Waals surface area contributed by atoms with Crippen LogP contribution < -0.4 is 10.6 Å². The van der Waals surface area contributed by atoms with Gasteiger partial charge in [-0.15, -0.1) is 0 Å². The number of rotatable bonds is 7. The van der Waals surface area contributed by atoms with Crippen molar-refractivity contribution < 1.29 is 0 Å². The Labute approximate surface area is 116 Å². The second kappa shape index (κ2) is 7.28. The van der Waals surface area contributed by atoms with Gasteiger partial charge in [0.15, 0.2) is 0 Å². The summed E-state index contributed by atoms with van der Waals surface area (Å²) in [6.45, 7) is 10.3. The minimum Gasteiger partial charge on any atom is -0.370 e. The first-order valence-corrected chi connectivity index (χ1v) is 6.96. The maximum Gasteiger partial charge on any atom is 0.135 e. The van der Waals surface area contributed by atoms with Gasteiger partial charge in [-0.05, 0) is 27.9 Å². The third kappa shape index (κ3) is 5.42. The van der Waals surface area contributed by atoms with Gasteiger partial charge in [-0.3, -0.25) is 0 Å². The van der Waals surface area contributed by atoms with Crippen LogP contribution in [0.3, 0.4) is 0 Å². The van der Waals surface area contributed by atoms with Crippen LogP contribution >= 0.6 is 0 Å². The molecule has 5 heteroatoms. The van der Waals surface area contributed by atoms with Gasteiger partial charge in [-0.25, -0.2) is 9.97 Å². The molecule has 0 radical (unpaired) electrons. The maximum absolute atomic E-state index is 4.58. The predicted octanol–water partition coefficient (Wildman–Crippen LogP) is 2.39. The molecule has 1 unspecified atom stereocenters. The van der Waals surface area contributed by atoms with Gasteiger partial charge in [0.1, 0.15) is 17.5 Å². The quantitative estimate of drug-likeness (QED) is 0.793. The molecule has 0 saturated carbocycles. The predicted molar refractivity (Wildman–Crippen MR) is 81.9 cm³/mol. The van der Waals surface area contributed by atoms with Crippen LogP contribution in [0.2, 0.25) is 0 Å². The van der Waals surface area contributed by atoms with Gasteiger partial charge in [-0.1, -0.05) is 13.8 Å². The molecule has 0 spiro atoms. The Balaban J connectivity index is 2.86. The topological polar surface area (TPSA) is 53.1 Å². The summed E-state index contributed by atoms with van der Waals surface area (Å²) in [6, 6.07) is 2.32. The fourth-order valence-electron chi connectivity index (χ4n) is 1.92. The zero-order valence-electron chi connectivity index (χ0n) is 13.0. The number of hydrogen-bond acceptors (Lipinski definition) is 5. The van der Waals surface area contributed by atoms with E-state index in [9.17, 15) is 0 Å². The van der Waals surface area contributed by atoms with Crippen molar-refractivity contribution >= 4 is 11.6 Å². The number of likely N-dealkylation sites (N-methyl/N-ethyl adjacent to an activating group) is 1. The molecule has 0 saturated heterocycles. The summed E-state index contributed by atoms with van der Waals surface area (Å²) in [7, 11) is 4.14. The normalized spacial score (nSPS) is 12.8. The molecule has 0 amide bonds. The molecule has 5 nitrogen and oxygen atoms in total. The Kier molecular flexibility index (Phi) is 6.02. The van der Waals surface area contributed by atoms with E-state index in [1.54, 1.807) is 0 Å². The highest BCUT2D eigenvalue weighted by Gasteiger charge is 2.10. The number of anilines is 2. The zero-order chi connectivity index (χ0) is 14.4. The Morgan fingerprint density at radius 3 is 2.32 bits per heavy atom. The molecule has 0 bridgehead atoms. The van der Waals surface area contributed by atoms with Crippen molar-refractivity contribution in [3.63, 3.8) is 0 Å². The van der Waals surface area contributed by atoms with E-state index in [2.05, 4.69) is 67.3 Å². The fraction of sp³-hybridized carbons (Fsp3) is 0.714. The number of nitrogens with one attached hydrogen (secondary N) is 2. The standard InChI is InChI=1S/C14H27N5/c1-7-15-12-8-13(16-11(4)9-19(5)6)18-14(17-12)10(2)3/h8,10-11H,7,9H2,1-6H3,(H2,15,16,17,18). The van der Waals surface area contributed by atoms with Gasteiger partial charge in [0.05, 0.1) is 0 Å². The van der Waals surface area contributed by atoms with E-state index in [0.29, 0.717) is 12.0 Å². The first-order valence-electron chi connectivity index (χ1n) is 6.96. The summed E-state index contributed by atoms with van der Waals surface area (Å²) in [5.41, 5.74) is 0. The molecule has 0 aliphatic carbocycles. The van der Waals surface area contributed by atoms with E-state index in [1.165, 1.54) is 0 Å². The second-order valence-electron chi connectivity index (χ2n) is 5.49. The lowest BCUT2D eigenvalue weighted by Crippen LogP contribution is -2.30. The third-order valence-corrected chi connectivity index (χ3v) is 2.65. The van der Waals surface area contributed by atoms with E-state index in [0.717, 1.165) is 30.5 Å². The van der Waals surface area contributed by atoms with Crippen LogP contribution in [-0.2, 0) is 0 Å². The van der Waals surface area contributed by atoms with Crippen molar-refractivity contribution in [3.05, 3.63) is 11.9 Å². The Morgan fingerprint density at radius 2 is 1.79 bits per heavy atom. The highest BCUT2D eigenvalue weighted by atomic mass is 15.1. The van der Waals surface area contributed by atoms with E-state index in [1.807, 2.05) is 6.07 Å². The van der Waals surface area contributed by atoms with E-state index in [4.69, 9.17) is 0 Å². The summed E-state index contributed by atoms with van der Waals surface area (Å²) in [6.07, 6.45) is 0. The summed E-state index contributed by atoms with van der Waals surface area (Å²) >= 11 is 0. The van der Waals surface area contributed by atoms with Crippen molar-refractivity contribution in [2.45, 2.75) is 39.7 Å². The molecule has 0 fully saturated rings. The lowest BCUT2D eigenvalue weighted by molar-refractivity contribution is 0.392. The summed E-state index contributed by atoms with van der Waals surface area (Å²) in [5.74, 6) is 2.98. The highest BCUT2D eigenvalue weighted by molar-refractivity contribution is 5.48. The SMILES string of the molecule is CCNc1cc(NC(C)CN(C)C)nc(C(C)C)n1. The van der Waals surface area contributed by atoms with Crippen molar-refractivity contribution in [1.29, 1.82) is 0 Å².